The number of methoxy groups -OCH3 is 1. The summed E-state index contributed by atoms with van der Waals surface area (Å²) in [5, 5.41) is 2.21. The van der Waals surface area contributed by atoms with E-state index in [1.54, 1.807) is 0 Å². The van der Waals surface area contributed by atoms with Crippen LogP contribution in [0.2, 0.25) is 0 Å². The largest absolute Gasteiger partial charge is 0.467 e. The quantitative estimate of drug-likeness (QED) is 0.277. The number of ether oxygens (including phenoxy) is 2. The molecule has 1 N–H and O–H groups in total. The standard InChI is InChI=1S/C26H19F6NO4/c1-36-22(35)24(17-8-4-2-5-9-17)26(31,32)23(27,21(34)37-19-10-6-3-7-11-19)20(33-24)16-12-14-18(15-13-16)25(28,29)30/h2-15,20,33H,1H3/t20-,23+,24+/m0/s1. The molecule has 5 nitrogen and oxygen atoms in total. The maximum Gasteiger partial charge on any atom is 0.416 e. The Morgan fingerprint density at radius 2 is 1.35 bits per heavy atom. The van der Waals surface area contributed by atoms with Crippen molar-refractivity contribution in [1.29, 1.82) is 0 Å². The van der Waals surface area contributed by atoms with Crippen LogP contribution in [-0.4, -0.2) is 30.6 Å². The third-order valence-corrected chi connectivity index (χ3v) is 6.21. The van der Waals surface area contributed by atoms with E-state index in [2.05, 4.69) is 10.1 Å². The van der Waals surface area contributed by atoms with E-state index in [1.165, 1.54) is 48.5 Å². The van der Waals surface area contributed by atoms with Gasteiger partial charge in [0.25, 0.3) is 5.67 Å². The minimum absolute atomic E-state index is 0.262. The summed E-state index contributed by atoms with van der Waals surface area (Å²) in [6, 6.07) is 13.4. The Morgan fingerprint density at radius 3 is 1.86 bits per heavy atom. The average molecular weight is 523 g/mol. The van der Waals surface area contributed by atoms with Gasteiger partial charge in [-0.1, -0.05) is 60.7 Å². The van der Waals surface area contributed by atoms with Crippen molar-refractivity contribution in [2.45, 2.75) is 29.3 Å². The number of carbonyl (C=O) groups is 2. The Hall–Kier alpha value is -3.86. The lowest BCUT2D eigenvalue weighted by Crippen LogP contribution is -2.62. The number of hydrogen-bond acceptors (Lipinski definition) is 5. The van der Waals surface area contributed by atoms with Crippen molar-refractivity contribution in [3.05, 3.63) is 102 Å². The van der Waals surface area contributed by atoms with Crippen LogP contribution in [0.25, 0.3) is 0 Å². The van der Waals surface area contributed by atoms with Crippen LogP contribution in [0, 0.1) is 0 Å². The molecule has 0 unspecified atom stereocenters. The molecule has 37 heavy (non-hydrogen) atoms. The lowest BCUT2D eigenvalue weighted by Gasteiger charge is -2.35. The average Bonchev–Trinajstić information content (AvgIpc) is 3.08. The molecule has 3 aromatic rings. The zero-order valence-corrected chi connectivity index (χ0v) is 19.1. The Balaban J connectivity index is 1.93. The Kier molecular flexibility index (Phi) is 6.53. The molecule has 0 bridgehead atoms. The second-order valence-electron chi connectivity index (χ2n) is 8.29. The molecular formula is C26H19F6NO4. The van der Waals surface area contributed by atoms with E-state index in [0.29, 0.717) is 12.1 Å². The summed E-state index contributed by atoms with van der Waals surface area (Å²) in [5.41, 5.74) is -9.52. The van der Waals surface area contributed by atoms with Gasteiger partial charge in [-0.05, 0) is 35.4 Å². The fraction of sp³-hybridized carbons (Fsp3) is 0.231. The van der Waals surface area contributed by atoms with E-state index >= 15 is 13.2 Å². The summed E-state index contributed by atoms with van der Waals surface area (Å²) in [4.78, 5) is 26.1. The van der Waals surface area contributed by atoms with Crippen molar-refractivity contribution in [2.75, 3.05) is 7.11 Å². The first-order valence-corrected chi connectivity index (χ1v) is 10.8. The second kappa shape index (κ2) is 9.22. The van der Waals surface area contributed by atoms with Crippen LogP contribution in [-0.2, 0) is 26.0 Å². The number of esters is 2. The SMILES string of the molecule is COC(=O)[C@@]1(c2ccccc2)N[C@@H](c2ccc(C(F)(F)F)cc2)[C@@](F)(C(=O)Oc2ccccc2)C1(F)F. The van der Waals surface area contributed by atoms with E-state index < -0.39 is 58.0 Å². The summed E-state index contributed by atoms with van der Waals surface area (Å²) >= 11 is 0. The number of halogens is 6. The molecule has 4 rings (SSSR count). The number of rotatable bonds is 5. The fourth-order valence-electron chi connectivity index (χ4n) is 4.36. The van der Waals surface area contributed by atoms with Gasteiger partial charge >= 0.3 is 24.0 Å². The molecule has 1 aliphatic rings. The molecule has 194 valence electrons. The van der Waals surface area contributed by atoms with Crippen LogP contribution in [0.15, 0.2) is 84.9 Å². The van der Waals surface area contributed by atoms with Crippen molar-refractivity contribution in [1.82, 2.24) is 5.32 Å². The summed E-state index contributed by atoms with van der Waals surface area (Å²) in [5.74, 6) is -8.79. The first kappa shape index (κ1) is 26.2. The Labute approximate surface area is 207 Å². The number of para-hydroxylation sites is 1. The van der Waals surface area contributed by atoms with Crippen LogP contribution in [0.5, 0.6) is 5.75 Å². The van der Waals surface area contributed by atoms with Crippen molar-refractivity contribution < 1.29 is 45.4 Å². The van der Waals surface area contributed by atoms with E-state index in [4.69, 9.17) is 4.74 Å². The van der Waals surface area contributed by atoms with Crippen LogP contribution >= 0.6 is 0 Å². The molecule has 0 radical (unpaired) electrons. The van der Waals surface area contributed by atoms with Gasteiger partial charge in [0.05, 0.1) is 18.7 Å². The van der Waals surface area contributed by atoms with E-state index in [1.807, 2.05) is 0 Å². The van der Waals surface area contributed by atoms with Crippen molar-refractivity contribution in [2.24, 2.45) is 0 Å². The molecular weight excluding hydrogens is 504 g/mol. The molecule has 0 amide bonds. The van der Waals surface area contributed by atoms with Crippen LogP contribution in [0.3, 0.4) is 0 Å². The summed E-state index contributed by atoms with van der Waals surface area (Å²) in [6.07, 6.45) is -4.76. The number of alkyl halides is 6. The van der Waals surface area contributed by atoms with Gasteiger partial charge in [0.2, 0.25) is 5.54 Å². The van der Waals surface area contributed by atoms with Gasteiger partial charge in [0.15, 0.2) is 0 Å². The number of nitrogens with one attached hydrogen (secondary N) is 1. The number of hydrogen-bond donors (Lipinski definition) is 1. The van der Waals surface area contributed by atoms with Gasteiger partial charge in [-0.25, -0.2) is 14.0 Å². The highest BCUT2D eigenvalue weighted by molar-refractivity contribution is 5.92. The topological polar surface area (TPSA) is 64.6 Å². The van der Waals surface area contributed by atoms with Gasteiger partial charge in [0.1, 0.15) is 5.75 Å². The van der Waals surface area contributed by atoms with Gasteiger partial charge in [-0.2, -0.15) is 22.0 Å². The lowest BCUT2D eigenvalue weighted by atomic mass is 9.78. The Bertz CT molecular complexity index is 1280. The smallest absolute Gasteiger partial charge is 0.416 e. The fourth-order valence-corrected chi connectivity index (χ4v) is 4.36. The maximum atomic E-state index is 16.8. The van der Waals surface area contributed by atoms with Gasteiger partial charge in [-0.15, -0.1) is 0 Å². The highest BCUT2D eigenvalue weighted by atomic mass is 19.4. The van der Waals surface area contributed by atoms with Gasteiger partial charge in [-0.3, -0.25) is 5.32 Å². The molecule has 1 aliphatic heterocycles. The molecule has 1 heterocycles. The summed E-state index contributed by atoms with van der Waals surface area (Å²) < 4.78 is 98.4. The number of benzene rings is 3. The summed E-state index contributed by atoms with van der Waals surface area (Å²) in [7, 11) is 0.804. The van der Waals surface area contributed by atoms with Gasteiger partial charge < -0.3 is 9.47 Å². The Morgan fingerprint density at radius 1 is 0.811 bits per heavy atom. The summed E-state index contributed by atoms with van der Waals surface area (Å²) in [6.45, 7) is 0. The predicted octanol–water partition coefficient (Wildman–Crippen LogP) is 5.37. The first-order chi connectivity index (χ1) is 17.4. The van der Waals surface area contributed by atoms with E-state index in [9.17, 15) is 22.8 Å². The molecule has 0 spiro atoms. The molecule has 0 aromatic heterocycles. The molecule has 0 aliphatic carbocycles. The third-order valence-electron chi connectivity index (χ3n) is 6.21. The molecule has 3 atom stereocenters. The van der Waals surface area contributed by atoms with E-state index in [-0.39, 0.29) is 5.75 Å². The second-order valence-corrected chi connectivity index (χ2v) is 8.29. The molecule has 0 saturated carbocycles. The minimum atomic E-state index is -4.85. The van der Waals surface area contributed by atoms with Crippen LogP contribution in [0.4, 0.5) is 26.3 Å². The van der Waals surface area contributed by atoms with Crippen LogP contribution in [0.1, 0.15) is 22.7 Å². The van der Waals surface area contributed by atoms with Gasteiger partial charge in [0, 0.05) is 0 Å². The lowest BCUT2D eigenvalue weighted by molar-refractivity contribution is -0.197. The van der Waals surface area contributed by atoms with E-state index in [0.717, 1.165) is 31.4 Å². The van der Waals surface area contributed by atoms with Crippen molar-refractivity contribution in [3.63, 3.8) is 0 Å². The zero-order chi connectivity index (χ0) is 27.1. The third kappa shape index (κ3) is 4.03. The number of carbonyl (C=O) groups excluding carboxylic acids is 2. The molecule has 1 saturated heterocycles. The normalized spacial score (nSPS) is 24.9. The molecule has 1 fully saturated rings. The minimum Gasteiger partial charge on any atom is -0.467 e. The van der Waals surface area contributed by atoms with Crippen molar-refractivity contribution >= 4 is 11.9 Å². The molecule has 11 heteroatoms. The maximum absolute atomic E-state index is 16.8. The van der Waals surface area contributed by atoms with Crippen LogP contribution < -0.4 is 10.1 Å². The predicted molar refractivity (Wildman–Crippen MR) is 118 cm³/mol. The first-order valence-electron chi connectivity index (χ1n) is 10.8. The van der Waals surface area contributed by atoms with Crippen molar-refractivity contribution in [3.8, 4) is 5.75 Å². The highest BCUT2D eigenvalue weighted by Crippen LogP contribution is 2.59. The highest BCUT2D eigenvalue weighted by Gasteiger charge is 2.84. The molecule has 3 aromatic carbocycles. The monoisotopic (exact) mass is 523 g/mol. The zero-order valence-electron chi connectivity index (χ0n) is 19.1.